The highest BCUT2D eigenvalue weighted by Gasteiger charge is 2.51. The molecule has 1 spiro atoms. The molecule has 1 aliphatic carbocycles. The predicted octanol–water partition coefficient (Wildman–Crippen LogP) is 2.48. The van der Waals surface area contributed by atoms with Crippen molar-refractivity contribution >= 4 is 17.7 Å². The molecule has 1 aromatic heterocycles. The fourth-order valence-electron chi connectivity index (χ4n) is 3.54. The van der Waals surface area contributed by atoms with Gasteiger partial charge in [0.2, 0.25) is 5.91 Å². The van der Waals surface area contributed by atoms with Crippen LogP contribution in [0.25, 0.3) is 0 Å². The second-order valence-corrected chi connectivity index (χ2v) is 8.30. The number of rotatable bonds is 4. The number of likely N-dealkylation sites (tertiary alicyclic amines) is 1. The van der Waals surface area contributed by atoms with E-state index < -0.39 is 0 Å². The van der Waals surface area contributed by atoms with Crippen LogP contribution in [-0.4, -0.2) is 45.5 Å². The molecule has 0 radical (unpaired) electrons. The molecule has 0 bridgehead atoms. The summed E-state index contributed by atoms with van der Waals surface area (Å²) in [7, 11) is 0. The van der Waals surface area contributed by atoms with E-state index in [9.17, 15) is 4.79 Å². The Morgan fingerprint density at radius 2 is 2.14 bits per heavy atom. The Bertz CT molecular complexity index is 541. The Kier molecular flexibility index (Phi) is 3.86. The minimum atomic E-state index is 0.280. The minimum absolute atomic E-state index is 0.280. The zero-order valence-corrected chi connectivity index (χ0v) is 13.6. The van der Waals surface area contributed by atoms with Crippen molar-refractivity contribution in [2.75, 3.05) is 18.8 Å². The Balaban J connectivity index is 1.24. The fraction of sp³-hybridized carbons (Fsp3) is 0.647. The normalized spacial score (nSPS) is 26.7. The third-order valence-electron chi connectivity index (χ3n) is 5.13. The van der Waals surface area contributed by atoms with Gasteiger partial charge in [-0.3, -0.25) is 9.78 Å². The van der Waals surface area contributed by atoms with Crippen molar-refractivity contribution in [3.8, 4) is 0 Å². The molecule has 0 N–H and O–H groups in total. The molecule has 3 heterocycles. The van der Waals surface area contributed by atoms with E-state index in [4.69, 9.17) is 4.74 Å². The van der Waals surface area contributed by atoms with Gasteiger partial charge in [0.1, 0.15) is 0 Å². The van der Waals surface area contributed by atoms with Crippen LogP contribution in [0.2, 0.25) is 0 Å². The average Bonchev–Trinajstić information content (AvgIpc) is 2.87. The van der Waals surface area contributed by atoms with E-state index in [-0.39, 0.29) is 4.75 Å². The predicted molar refractivity (Wildman–Crippen MR) is 86.5 cm³/mol. The van der Waals surface area contributed by atoms with Crippen molar-refractivity contribution < 1.29 is 9.53 Å². The molecule has 3 fully saturated rings. The van der Waals surface area contributed by atoms with Gasteiger partial charge in [-0.05, 0) is 37.0 Å². The lowest BCUT2D eigenvalue weighted by molar-refractivity contribution is -0.144. The summed E-state index contributed by atoms with van der Waals surface area (Å²) < 4.78 is 6.32. The number of amides is 1. The van der Waals surface area contributed by atoms with Crippen LogP contribution in [0.4, 0.5) is 0 Å². The summed E-state index contributed by atoms with van der Waals surface area (Å²) >= 11 is 2.00. The third kappa shape index (κ3) is 2.76. The van der Waals surface area contributed by atoms with E-state index in [2.05, 4.69) is 9.88 Å². The molecule has 4 nitrogen and oxygen atoms in total. The van der Waals surface area contributed by atoms with Crippen LogP contribution in [0.3, 0.4) is 0 Å². The first-order chi connectivity index (χ1) is 10.7. The van der Waals surface area contributed by atoms with Crippen LogP contribution < -0.4 is 0 Å². The van der Waals surface area contributed by atoms with Gasteiger partial charge in [-0.2, -0.15) is 0 Å². The van der Waals surface area contributed by atoms with Gasteiger partial charge in [0.25, 0.3) is 0 Å². The molecule has 2 saturated heterocycles. The molecule has 1 unspecified atom stereocenters. The van der Waals surface area contributed by atoms with E-state index in [0.29, 0.717) is 24.5 Å². The molecule has 4 rings (SSSR count). The number of carbonyl (C=O) groups excluding carboxylic acids is 1. The largest absolute Gasteiger partial charge is 0.373 e. The lowest BCUT2D eigenvalue weighted by atomic mass is 9.82. The Morgan fingerprint density at radius 1 is 1.36 bits per heavy atom. The number of pyridine rings is 1. The van der Waals surface area contributed by atoms with E-state index in [1.807, 2.05) is 23.9 Å². The second-order valence-electron chi connectivity index (χ2n) is 6.81. The molecule has 0 aromatic carbocycles. The van der Waals surface area contributed by atoms with Crippen LogP contribution >= 0.6 is 11.8 Å². The molecular weight excluding hydrogens is 296 g/mol. The number of aromatic nitrogens is 1. The quantitative estimate of drug-likeness (QED) is 0.855. The van der Waals surface area contributed by atoms with Crippen LogP contribution in [0.15, 0.2) is 24.5 Å². The van der Waals surface area contributed by atoms with E-state index in [1.54, 1.807) is 12.4 Å². The first-order valence-electron chi connectivity index (χ1n) is 8.17. The summed E-state index contributed by atoms with van der Waals surface area (Å²) in [6, 6.07) is 4.00. The molecule has 1 aromatic rings. The smallest absolute Gasteiger partial charge is 0.225 e. The highest BCUT2D eigenvalue weighted by Crippen LogP contribution is 2.47. The lowest BCUT2D eigenvalue weighted by Gasteiger charge is -2.49. The van der Waals surface area contributed by atoms with Crippen LogP contribution in [0.1, 0.15) is 31.2 Å². The molecule has 2 aliphatic heterocycles. The number of hydrogen-bond acceptors (Lipinski definition) is 4. The van der Waals surface area contributed by atoms with Gasteiger partial charge in [-0.1, -0.05) is 6.42 Å². The topological polar surface area (TPSA) is 42.4 Å². The number of carbonyl (C=O) groups is 1. The molecule has 5 heteroatoms. The highest BCUT2D eigenvalue weighted by molar-refractivity contribution is 8.01. The van der Waals surface area contributed by atoms with Crippen molar-refractivity contribution in [3.63, 3.8) is 0 Å². The summed E-state index contributed by atoms with van der Waals surface area (Å²) in [6.45, 7) is 2.53. The Labute approximate surface area is 135 Å². The average molecular weight is 318 g/mol. The number of thioether (sulfide) groups is 1. The molecule has 1 atom stereocenters. The van der Waals surface area contributed by atoms with E-state index in [0.717, 1.165) is 38.1 Å². The van der Waals surface area contributed by atoms with Crippen molar-refractivity contribution in [2.45, 2.75) is 43.1 Å². The summed E-state index contributed by atoms with van der Waals surface area (Å²) in [4.78, 5) is 18.3. The van der Waals surface area contributed by atoms with Gasteiger partial charge in [0.15, 0.2) is 0 Å². The number of ether oxygens (including phenoxy) is 1. The van der Waals surface area contributed by atoms with E-state index >= 15 is 0 Å². The summed E-state index contributed by atoms with van der Waals surface area (Å²) in [5.41, 5.74) is 1.18. The van der Waals surface area contributed by atoms with Gasteiger partial charge in [0, 0.05) is 37.2 Å². The zero-order chi connectivity index (χ0) is 15.0. The van der Waals surface area contributed by atoms with Crippen molar-refractivity contribution in [3.05, 3.63) is 30.1 Å². The molecule has 1 amide bonds. The molecule has 118 valence electrons. The van der Waals surface area contributed by atoms with Crippen LogP contribution in [-0.2, 0) is 16.1 Å². The third-order valence-corrected chi connectivity index (χ3v) is 6.71. The standard InChI is InChI=1S/C17H22N2O2S/c20-16(14-2-1-3-14)19-11-17(12-19)8-15(10-22-17)21-9-13-4-6-18-7-5-13/h4-7,14-15H,1-3,8-12H2. The zero-order valence-electron chi connectivity index (χ0n) is 12.7. The van der Waals surface area contributed by atoms with Crippen molar-refractivity contribution in [1.82, 2.24) is 9.88 Å². The molecule has 1 saturated carbocycles. The Morgan fingerprint density at radius 3 is 2.82 bits per heavy atom. The molecular formula is C17H22N2O2S. The van der Waals surface area contributed by atoms with Crippen LogP contribution in [0, 0.1) is 5.92 Å². The van der Waals surface area contributed by atoms with Crippen molar-refractivity contribution in [2.24, 2.45) is 5.92 Å². The monoisotopic (exact) mass is 318 g/mol. The Hall–Kier alpha value is -1.07. The first-order valence-corrected chi connectivity index (χ1v) is 9.16. The fourth-order valence-corrected chi connectivity index (χ4v) is 5.09. The maximum atomic E-state index is 12.2. The highest BCUT2D eigenvalue weighted by atomic mass is 32.2. The molecule has 3 aliphatic rings. The summed E-state index contributed by atoms with van der Waals surface area (Å²) in [5.74, 6) is 1.79. The van der Waals surface area contributed by atoms with E-state index in [1.165, 1.54) is 12.0 Å². The van der Waals surface area contributed by atoms with Crippen LogP contribution in [0.5, 0.6) is 0 Å². The van der Waals surface area contributed by atoms with Crippen molar-refractivity contribution in [1.29, 1.82) is 0 Å². The summed E-state index contributed by atoms with van der Waals surface area (Å²) in [5, 5.41) is 0. The minimum Gasteiger partial charge on any atom is -0.373 e. The summed E-state index contributed by atoms with van der Waals surface area (Å²) in [6.07, 6.45) is 8.45. The second kappa shape index (κ2) is 5.85. The molecule has 22 heavy (non-hydrogen) atoms. The first kappa shape index (κ1) is 14.5. The number of hydrogen-bond donors (Lipinski definition) is 0. The van der Waals surface area contributed by atoms with Gasteiger partial charge in [-0.25, -0.2) is 0 Å². The SMILES string of the molecule is O=C(C1CCC1)N1CC2(CC(OCc3ccncc3)CS2)C1. The van der Waals surface area contributed by atoms with Gasteiger partial charge in [-0.15, -0.1) is 11.8 Å². The lowest BCUT2D eigenvalue weighted by Crippen LogP contribution is -2.62. The number of nitrogens with zero attached hydrogens (tertiary/aromatic N) is 2. The van der Waals surface area contributed by atoms with Gasteiger partial charge < -0.3 is 9.64 Å². The van der Waals surface area contributed by atoms with Gasteiger partial charge >= 0.3 is 0 Å². The maximum Gasteiger partial charge on any atom is 0.225 e. The maximum absolute atomic E-state index is 12.2. The van der Waals surface area contributed by atoms with Gasteiger partial charge in [0.05, 0.1) is 17.5 Å².